The first-order valence-corrected chi connectivity index (χ1v) is 4.73. The number of ether oxygens (including phenoxy) is 1. The monoisotopic (exact) mass is 233 g/mol. The molecule has 0 rings (SSSR count). The lowest BCUT2D eigenvalue weighted by Crippen LogP contribution is -2.37. The Morgan fingerprint density at radius 1 is 1.31 bits per heavy atom. The molecule has 0 radical (unpaired) electrons. The molecular weight excluding hydrogens is 206 g/mol. The minimum absolute atomic E-state index is 0. The summed E-state index contributed by atoms with van der Waals surface area (Å²) >= 11 is 0. The number of hydrogen-bond acceptors (Lipinski definition) is 3. The maximum atomic E-state index is 11.3. The normalized spacial score (nSPS) is 12.8. The zero-order valence-electron chi connectivity index (χ0n) is 9.35. The molecule has 0 spiro atoms. The van der Waals surface area contributed by atoms with Gasteiger partial charge in [0.15, 0.2) is 0 Å². The molecule has 1 amide bonds. The standard InChI is InChI=1S/C10H19NO3.2CH4/c1-5-11-9(13)6-10(3,7-14-4)8(2)12;;/h5-7H2,1-4H3,(H,11,13);2*1H4. The SMILES string of the molecule is C.C.CCNC(=O)CC(C)(COC)C(C)=O. The van der Waals surface area contributed by atoms with Crippen LogP contribution in [0.25, 0.3) is 0 Å². The molecule has 0 aromatic carbocycles. The van der Waals surface area contributed by atoms with Crippen molar-refractivity contribution in [1.29, 1.82) is 0 Å². The molecule has 98 valence electrons. The molecule has 0 aliphatic carbocycles. The van der Waals surface area contributed by atoms with Crippen molar-refractivity contribution in [3.05, 3.63) is 0 Å². The largest absolute Gasteiger partial charge is 0.384 e. The van der Waals surface area contributed by atoms with Crippen LogP contribution in [0.3, 0.4) is 0 Å². The first-order valence-electron chi connectivity index (χ1n) is 4.73. The van der Waals surface area contributed by atoms with Crippen molar-refractivity contribution >= 4 is 11.7 Å². The van der Waals surface area contributed by atoms with Gasteiger partial charge in [-0.15, -0.1) is 0 Å². The Hall–Kier alpha value is -0.900. The third-order valence-electron chi connectivity index (χ3n) is 2.24. The van der Waals surface area contributed by atoms with Crippen molar-refractivity contribution in [3.63, 3.8) is 0 Å². The van der Waals surface area contributed by atoms with Gasteiger partial charge in [0.25, 0.3) is 0 Å². The maximum Gasteiger partial charge on any atom is 0.221 e. The highest BCUT2D eigenvalue weighted by atomic mass is 16.5. The molecule has 0 aromatic rings. The van der Waals surface area contributed by atoms with Gasteiger partial charge in [-0.1, -0.05) is 14.9 Å². The molecule has 4 nitrogen and oxygen atoms in total. The third kappa shape index (κ3) is 6.56. The number of methoxy groups -OCH3 is 1. The molecule has 0 bridgehead atoms. The van der Waals surface area contributed by atoms with E-state index in [0.717, 1.165) is 0 Å². The van der Waals surface area contributed by atoms with E-state index < -0.39 is 5.41 Å². The summed E-state index contributed by atoms with van der Waals surface area (Å²) in [5.74, 6) is -0.132. The second kappa shape index (κ2) is 9.33. The van der Waals surface area contributed by atoms with Crippen LogP contribution < -0.4 is 5.32 Å². The fourth-order valence-electron chi connectivity index (χ4n) is 1.21. The molecule has 0 saturated carbocycles. The van der Waals surface area contributed by atoms with E-state index in [1.54, 1.807) is 6.92 Å². The van der Waals surface area contributed by atoms with E-state index in [0.29, 0.717) is 6.54 Å². The molecule has 0 aromatic heterocycles. The first-order chi connectivity index (χ1) is 6.46. The number of amides is 1. The van der Waals surface area contributed by atoms with Crippen molar-refractivity contribution in [1.82, 2.24) is 5.32 Å². The summed E-state index contributed by atoms with van der Waals surface area (Å²) in [6.45, 7) is 5.94. The average molecular weight is 233 g/mol. The summed E-state index contributed by atoms with van der Waals surface area (Å²) in [6.07, 6.45) is 0.185. The highest BCUT2D eigenvalue weighted by Gasteiger charge is 2.32. The number of carbonyl (C=O) groups excluding carboxylic acids is 2. The molecule has 1 unspecified atom stereocenters. The Balaban J connectivity index is -0.000000845. The highest BCUT2D eigenvalue weighted by molar-refractivity contribution is 5.88. The van der Waals surface area contributed by atoms with Crippen LogP contribution >= 0.6 is 0 Å². The van der Waals surface area contributed by atoms with Gasteiger partial charge in [0.05, 0.1) is 12.0 Å². The van der Waals surface area contributed by atoms with Crippen LogP contribution in [-0.2, 0) is 14.3 Å². The predicted octanol–water partition coefficient (Wildman–Crippen LogP) is 2.03. The third-order valence-corrected chi connectivity index (χ3v) is 2.24. The lowest BCUT2D eigenvalue weighted by atomic mass is 9.83. The van der Waals surface area contributed by atoms with Crippen LogP contribution in [0.5, 0.6) is 0 Å². The van der Waals surface area contributed by atoms with Crippen molar-refractivity contribution in [2.45, 2.75) is 42.0 Å². The Kier molecular flexibility index (Phi) is 12.0. The van der Waals surface area contributed by atoms with Gasteiger partial charge in [0, 0.05) is 20.1 Å². The number of carbonyl (C=O) groups is 2. The van der Waals surface area contributed by atoms with E-state index >= 15 is 0 Å². The molecule has 0 fully saturated rings. The Morgan fingerprint density at radius 3 is 2.12 bits per heavy atom. The summed E-state index contributed by atoms with van der Waals surface area (Å²) in [5, 5.41) is 2.67. The van der Waals surface area contributed by atoms with Gasteiger partial charge in [-0.2, -0.15) is 0 Å². The van der Waals surface area contributed by atoms with E-state index in [4.69, 9.17) is 4.74 Å². The van der Waals surface area contributed by atoms with E-state index in [-0.39, 0.29) is 39.6 Å². The molecule has 0 saturated heterocycles. The highest BCUT2D eigenvalue weighted by Crippen LogP contribution is 2.22. The van der Waals surface area contributed by atoms with Gasteiger partial charge < -0.3 is 10.1 Å². The predicted molar refractivity (Wildman–Crippen MR) is 67.4 cm³/mol. The summed E-state index contributed by atoms with van der Waals surface area (Å²) in [4.78, 5) is 22.7. The lowest BCUT2D eigenvalue weighted by molar-refractivity contribution is -0.135. The zero-order chi connectivity index (χ0) is 11.2. The summed E-state index contributed by atoms with van der Waals surface area (Å²) in [7, 11) is 1.53. The van der Waals surface area contributed by atoms with Gasteiger partial charge in [0.1, 0.15) is 5.78 Å². The van der Waals surface area contributed by atoms with Gasteiger partial charge in [0.2, 0.25) is 5.91 Å². The fourth-order valence-corrected chi connectivity index (χ4v) is 1.21. The molecule has 1 N–H and O–H groups in total. The number of rotatable bonds is 6. The zero-order valence-corrected chi connectivity index (χ0v) is 9.35. The van der Waals surface area contributed by atoms with Gasteiger partial charge in [-0.05, 0) is 20.8 Å². The molecule has 0 heterocycles. The smallest absolute Gasteiger partial charge is 0.221 e. The van der Waals surface area contributed by atoms with E-state index in [9.17, 15) is 9.59 Å². The quantitative estimate of drug-likeness (QED) is 0.763. The van der Waals surface area contributed by atoms with Crippen molar-refractivity contribution < 1.29 is 14.3 Å². The van der Waals surface area contributed by atoms with Crippen molar-refractivity contribution in [2.24, 2.45) is 5.41 Å². The Labute approximate surface area is 99.8 Å². The van der Waals surface area contributed by atoms with Gasteiger partial charge in [-0.3, -0.25) is 9.59 Å². The summed E-state index contributed by atoms with van der Waals surface area (Å²) in [5.41, 5.74) is -0.700. The summed E-state index contributed by atoms with van der Waals surface area (Å²) in [6, 6.07) is 0. The molecule has 16 heavy (non-hydrogen) atoms. The van der Waals surface area contributed by atoms with E-state index in [1.165, 1.54) is 14.0 Å². The number of ketones is 1. The minimum Gasteiger partial charge on any atom is -0.384 e. The topological polar surface area (TPSA) is 55.4 Å². The van der Waals surface area contributed by atoms with Crippen LogP contribution in [0.1, 0.15) is 42.0 Å². The average Bonchev–Trinajstić information content (AvgIpc) is 2.04. The first kappa shape index (κ1) is 20.5. The Bertz CT molecular complexity index is 216. The van der Waals surface area contributed by atoms with Crippen molar-refractivity contribution in [3.8, 4) is 0 Å². The maximum absolute atomic E-state index is 11.3. The van der Waals surface area contributed by atoms with Gasteiger partial charge >= 0.3 is 0 Å². The molecule has 4 heteroatoms. The molecular formula is C12H27NO3. The van der Waals surface area contributed by atoms with Crippen LogP contribution in [0, 0.1) is 5.41 Å². The van der Waals surface area contributed by atoms with Gasteiger partial charge in [-0.25, -0.2) is 0 Å². The van der Waals surface area contributed by atoms with Crippen LogP contribution in [0.2, 0.25) is 0 Å². The van der Waals surface area contributed by atoms with E-state index in [2.05, 4.69) is 5.32 Å². The van der Waals surface area contributed by atoms with Crippen LogP contribution in [0.15, 0.2) is 0 Å². The lowest BCUT2D eigenvalue weighted by Gasteiger charge is -2.24. The minimum atomic E-state index is -0.700. The van der Waals surface area contributed by atoms with E-state index in [1.807, 2.05) is 6.92 Å². The second-order valence-electron chi connectivity index (χ2n) is 3.68. The number of nitrogens with one attached hydrogen (secondary N) is 1. The van der Waals surface area contributed by atoms with Crippen molar-refractivity contribution in [2.75, 3.05) is 20.3 Å². The fraction of sp³-hybridized carbons (Fsp3) is 0.833. The number of hydrogen-bond donors (Lipinski definition) is 1. The summed E-state index contributed by atoms with van der Waals surface area (Å²) < 4.78 is 4.95. The molecule has 1 atom stereocenters. The second-order valence-corrected chi connectivity index (χ2v) is 3.68. The van der Waals surface area contributed by atoms with Crippen LogP contribution in [-0.4, -0.2) is 32.0 Å². The molecule has 0 aliphatic heterocycles. The number of Topliss-reactive ketones (excluding diaryl/α,β-unsaturated/α-hetero) is 1. The molecule has 0 aliphatic rings. The Morgan fingerprint density at radius 2 is 1.81 bits per heavy atom. The van der Waals surface area contributed by atoms with Crippen LogP contribution in [0.4, 0.5) is 0 Å².